The first-order valence-corrected chi connectivity index (χ1v) is 11.1. The normalized spacial score (nSPS) is 15.6. The molecule has 0 bridgehead atoms. The average Bonchev–Trinajstić information content (AvgIpc) is 2.76. The Morgan fingerprint density at radius 2 is 1.62 bits per heavy atom. The van der Waals surface area contributed by atoms with Crippen LogP contribution in [0.2, 0.25) is 0 Å². The molecule has 1 aliphatic rings. The number of hydrogen-bond acceptors (Lipinski definition) is 0. The van der Waals surface area contributed by atoms with Crippen molar-refractivity contribution in [2.45, 2.75) is 57.8 Å². The lowest BCUT2D eigenvalue weighted by Crippen LogP contribution is -2.17. The highest BCUT2D eigenvalue weighted by atomic mass is 19.2. The van der Waals surface area contributed by atoms with Gasteiger partial charge in [-0.3, -0.25) is 0 Å². The molecule has 0 heterocycles. The van der Waals surface area contributed by atoms with Gasteiger partial charge in [-0.1, -0.05) is 38.0 Å². The monoisotopic (exact) mass is 444 g/mol. The molecule has 0 aromatic heterocycles. The number of rotatable bonds is 6. The van der Waals surface area contributed by atoms with E-state index in [1.807, 2.05) is 6.07 Å². The zero-order valence-corrected chi connectivity index (χ0v) is 18.0. The summed E-state index contributed by atoms with van der Waals surface area (Å²) in [6.45, 7) is 2.12. The molecule has 0 saturated heterocycles. The molecular formula is C27H25F5. The van der Waals surface area contributed by atoms with E-state index in [1.54, 1.807) is 12.1 Å². The van der Waals surface area contributed by atoms with Crippen LogP contribution < -0.4 is 0 Å². The average molecular weight is 444 g/mol. The third-order valence-electron chi connectivity index (χ3n) is 6.40. The van der Waals surface area contributed by atoms with Crippen molar-refractivity contribution in [3.63, 3.8) is 0 Å². The Morgan fingerprint density at radius 3 is 2.34 bits per heavy atom. The fraction of sp³-hybridized carbons (Fsp3) is 0.333. The van der Waals surface area contributed by atoms with Crippen LogP contribution in [0, 0.1) is 29.1 Å². The Morgan fingerprint density at radius 1 is 0.812 bits per heavy atom. The largest absolute Gasteiger partial charge is 0.207 e. The molecule has 0 fully saturated rings. The van der Waals surface area contributed by atoms with Gasteiger partial charge in [-0.25, -0.2) is 22.0 Å². The lowest BCUT2D eigenvalue weighted by molar-refractivity contribution is 0.504. The minimum atomic E-state index is -1.16. The first-order valence-electron chi connectivity index (χ1n) is 11.1. The molecule has 1 unspecified atom stereocenters. The van der Waals surface area contributed by atoms with E-state index in [-0.39, 0.29) is 22.9 Å². The van der Waals surface area contributed by atoms with Gasteiger partial charge in [-0.15, -0.1) is 0 Å². The second-order valence-electron chi connectivity index (χ2n) is 8.57. The highest BCUT2D eigenvalue weighted by Crippen LogP contribution is 2.39. The van der Waals surface area contributed by atoms with E-state index in [0.29, 0.717) is 36.0 Å². The fourth-order valence-electron chi connectivity index (χ4n) is 4.67. The molecule has 3 aromatic carbocycles. The summed E-state index contributed by atoms with van der Waals surface area (Å²) < 4.78 is 71.7. The molecule has 5 heteroatoms. The smallest absolute Gasteiger partial charge is 0.159 e. The summed E-state index contributed by atoms with van der Waals surface area (Å²) in [6.07, 6.45) is 5.23. The van der Waals surface area contributed by atoms with Crippen LogP contribution in [-0.2, 0) is 19.3 Å². The van der Waals surface area contributed by atoms with E-state index in [1.165, 1.54) is 6.07 Å². The van der Waals surface area contributed by atoms with Crippen LogP contribution in [-0.4, -0.2) is 0 Å². The number of halogens is 5. The molecule has 1 atom stereocenters. The van der Waals surface area contributed by atoms with Crippen molar-refractivity contribution in [3.05, 3.63) is 93.8 Å². The number of hydrogen-bond donors (Lipinski definition) is 0. The SMILES string of the molecule is CCCCCc1ccc(C2CCc3c(cc(F)c(-c4ccc(F)c(F)c4)c3F)C2)c(F)c1. The van der Waals surface area contributed by atoms with Crippen LogP contribution in [0.5, 0.6) is 0 Å². The zero-order chi connectivity index (χ0) is 22.8. The standard InChI is InChI=1S/C27H25F5/c1-2-3-4-5-16-6-9-20(23(29)12-16)17-7-10-21-19(13-17)15-25(31)26(27(21)32)18-8-11-22(28)24(30)14-18/h6,8-9,11-12,14-15,17H,2-5,7,10,13H2,1H3. The second kappa shape index (κ2) is 9.43. The van der Waals surface area contributed by atoms with E-state index in [9.17, 15) is 17.6 Å². The molecule has 0 nitrogen and oxygen atoms in total. The molecule has 1 aliphatic carbocycles. The van der Waals surface area contributed by atoms with Crippen molar-refractivity contribution >= 4 is 0 Å². The van der Waals surface area contributed by atoms with E-state index >= 15 is 4.39 Å². The van der Waals surface area contributed by atoms with Gasteiger partial charge in [0.05, 0.1) is 5.56 Å². The van der Waals surface area contributed by atoms with Crippen molar-refractivity contribution in [2.75, 3.05) is 0 Å². The molecule has 0 aliphatic heterocycles. The molecule has 0 radical (unpaired) electrons. The Kier molecular flexibility index (Phi) is 6.63. The van der Waals surface area contributed by atoms with Crippen LogP contribution in [0.15, 0.2) is 42.5 Å². The molecular weight excluding hydrogens is 419 g/mol. The third-order valence-corrected chi connectivity index (χ3v) is 6.40. The predicted molar refractivity (Wildman–Crippen MR) is 116 cm³/mol. The van der Waals surface area contributed by atoms with Crippen molar-refractivity contribution in [1.82, 2.24) is 0 Å². The van der Waals surface area contributed by atoms with Crippen LogP contribution in [0.1, 0.15) is 60.8 Å². The summed E-state index contributed by atoms with van der Waals surface area (Å²) in [5, 5.41) is 0. The van der Waals surface area contributed by atoms with Crippen LogP contribution in [0.4, 0.5) is 22.0 Å². The quantitative estimate of drug-likeness (QED) is 0.266. The van der Waals surface area contributed by atoms with Crippen LogP contribution in [0.3, 0.4) is 0 Å². The molecule has 0 spiro atoms. The van der Waals surface area contributed by atoms with Crippen molar-refractivity contribution < 1.29 is 22.0 Å². The van der Waals surface area contributed by atoms with Gasteiger partial charge in [0.2, 0.25) is 0 Å². The van der Waals surface area contributed by atoms with E-state index < -0.39 is 23.3 Å². The highest BCUT2D eigenvalue weighted by molar-refractivity contribution is 5.67. The lowest BCUT2D eigenvalue weighted by Gasteiger charge is -2.27. The van der Waals surface area contributed by atoms with Gasteiger partial charge < -0.3 is 0 Å². The van der Waals surface area contributed by atoms with Crippen molar-refractivity contribution in [2.24, 2.45) is 0 Å². The van der Waals surface area contributed by atoms with E-state index in [4.69, 9.17) is 0 Å². The Labute approximate surface area is 185 Å². The lowest BCUT2D eigenvalue weighted by atomic mass is 9.78. The molecule has 3 aromatic rings. The van der Waals surface area contributed by atoms with Crippen molar-refractivity contribution in [1.29, 1.82) is 0 Å². The van der Waals surface area contributed by atoms with E-state index in [2.05, 4.69) is 6.92 Å². The van der Waals surface area contributed by atoms with Crippen molar-refractivity contribution in [3.8, 4) is 11.1 Å². The molecule has 32 heavy (non-hydrogen) atoms. The highest BCUT2D eigenvalue weighted by Gasteiger charge is 2.28. The van der Waals surface area contributed by atoms with Gasteiger partial charge in [0, 0.05) is 0 Å². The summed E-state index contributed by atoms with van der Waals surface area (Å²) in [5.74, 6) is -4.26. The third kappa shape index (κ3) is 4.43. The van der Waals surface area contributed by atoms with Gasteiger partial charge in [-0.2, -0.15) is 0 Å². The van der Waals surface area contributed by atoms with Gasteiger partial charge in [0.25, 0.3) is 0 Å². The minimum Gasteiger partial charge on any atom is -0.207 e. The summed E-state index contributed by atoms with van der Waals surface area (Å²) in [4.78, 5) is 0. The van der Waals surface area contributed by atoms with Crippen LogP contribution >= 0.6 is 0 Å². The van der Waals surface area contributed by atoms with Gasteiger partial charge in [0.1, 0.15) is 17.5 Å². The predicted octanol–water partition coefficient (Wildman–Crippen LogP) is 8.05. The first-order chi connectivity index (χ1) is 15.4. The molecule has 4 rings (SSSR count). The summed E-state index contributed by atoms with van der Waals surface area (Å²) in [6, 6.07) is 9.38. The molecule has 0 saturated carbocycles. The van der Waals surface area contributed by atoms with E-state index in [0.717, 1.165) is 49.4 Å². The van der Waals surface area contributed by atoms with Gasteiger partial charge in [-0.05, 0) is 90.1 Å². The Bertz CT molecular complexity index is 1140. The molecule has 0 N–H and O–H groups in total. The maximum atomic E-state index is 15.2. The maximum Gasteiger partial charge on any atom is 0.159 e. The summed E-state index contributed by atoms with van der Waals surface area (Å²) >= 11 is 0. The summed E-state index contributed by atoms with van der Waals surface area (Å²) in [5.41, 5.74) is 1.98. The van der Waals surface area contributed by atoms with Gasteiger partial charge >= 0.3 is 0 Å². The number of benzene rings is 3. The first kappa shape index (κ1) is 22.5. The molecule has 0 amide bonds. The van der Waals surface area contributed by atoms with Gasteiger partial charge in [0.15, 0.2) is 11.6 Å². The number of unbranched alkanes of at least 4 members (excludes halogenated alkanes) is 2. The fourth-order valence-corrected chi connectivity index (χ4v) is 4.67. The Hall–Kier alpha value is -2.69. The second-order valence-corrected chi connectivity index (χ2v) is 8.57. The summed E-state index contributed by atoms with van der Waals surface area (Å²) in [7, 11) is 0. The topological polar surface area (TPSA) is 0 Å². The maximum absolute atomic E-state index is 15.2. The zero-order valence-electron chi connectivity index (χ0n) is 18.0. The Balaban J connectivity index is 1.60. The molecule has 168 valence electrons. The number of aryl methyl sites for hydroxylation is 1. The number of fused-ring (bicyclic) bond motifs is 1. The van der Waals surface area contributed by atoms with Crippen LogP contribution in [0.25, 0.3) is 11.1 Å². The minimum absolute atomic E-state index is 0.0477.